The van der Waals surface area contributed by atoms with Crippen LogP contribution >= 0.6 is 0 Å². The number of hydrogen-bond donors (Lipinski definition) is 3. The van der Waals surface area contributed by atoms with Gasteiger partial charge in [0.25, 0.3) is 5.91 Å². The van der Waals surface area contributed by atoms with Crippen LogP contribution in [-0.2, 0) is 0 Å². The average Bonchev–Trinajstić information content (AvgIpc) is 2.78. The minimum absolute atomic E-state index is 0.252. The molecule has 2 aromatic heterocycles. The number of nitrogens with two attached hydrogens (primary N) is 1. The van der Waals surface area contributed by atoms with E-state index in [9.17, 15) is 4.79 Å². The van der Waals surface area contributed by atoms with Gasteiger partial charge in [-0.15, -0.1) is 0 Å². The Morgan fingerprint density at radius 1 is 1.41 bits per heavy atom. The maximum atomic E-state index is 11.0. The molecule has 8 nitrogen and oxygen atoms in total. The van der Waals surface area contributed by atoms with Crippen LogP contribution in [0.5, 0.6) is 5.88 Å². The summed E-state index contributed by atoms with van der Waals surface area (Å²) in [5, 5.41) is 9.15. The number of carbonyl (C=O) groups excluding carboxylic acids is 1. The van der Waals surface area contributed by atoms with Gasteiger partial charge < -0.3 is 15.8 Å². The Morgan fingerprint density at radius 3 is 2.82 bits per heavy atom. The Morgan fingerprint density at radius 2 is 2.24 bits per heavy atom. The second kappa shape index (κ2) is 4.47. The van der Waals surface area contributed by atoms with Crippen molar-refractivity contribution in [3.63, 3.8) is 0 Å². The van der Waals surface area contributed by atoms with Crippen LogP contribution < -0.4 is 15.8 Å². The molecule has 0 aromatic carbocycles. The normalized spacial score (nSPS) is 9.94. The van der Waals surface area contributed by atoms with Gasteiger partial charge in [0, 0.05) is 0 Å². The van der Waals surface area contributed by atoms with E-state index in [0.29, 0.717) is 17.5 Å². The number of amides is 1. The summed E-state index contributed by atoms with van der Waals surface area (Å²) in [7, 11) is 1.50. The van der Waals surface area contributed by atoms with E-state index in [1.807, 2.05) is 0 Å². The van der Waals surface area contributed by atoms with Gasteiger partial charge in [-0.3, -0.25) is 9.89 Å². The first-order chi connectivity index (χ1) is 8.20. The van der Waals surface area contributed by atoms with Crippen molar-refractivity contribution >= 4 is 17.5 Å². The fourth-order valence-electron chi connectivity index (χ4n) is 1.18. The smallest absolute Gasteiger partial charge is 0.254 e. The van der Waals surface area contributed by atoms with Gasteiger partial charge >= 0.3 is 0 Å². The van der Waals surface area contributed by atoms with Crippen molar-refractivity contribution in [1.82, 2.24) is 20.2 Å². The highest BCUT2D eigenvalue weighted by atomic mass is 16.5. The molecule has 0 saturated carbocycles. The Labute approximate surface area is 96.2 Å². The first kappa shape index (κ1) is 10.9. The molecule has 1 amide bonds. The monoisotopic (exact) mass is 234 g/mol. The lowest BCUT2D eigenvalue weighted by Crippen LogP contribution is -2.12. The zero-order valence-corrected chi connectivity index (χ0v) is 8.97. The molecule has 0 aliphatic carbocycles. The van der Waals surface area contributed by atoms with Crippen molar-refractivity contribution in [2.45, 2.75) is 0 Å². The predicted molar refractivity (Wildman–Crippen MR) is 59.0 cm³/mol. The lowest BCUT2D eigenvalue weighted by molar-refractivity contribution is 0.100. The molecule has 17 heavy (non-hydrogen) atoms. The van der Waals surface area contributed by atoms with E-state index in [4.69, 9.17) is 10.5 Å². The van der Waals surface area contributed by atoms with Gasteiger partial charge in [-0.05, 0) is 0 Å². The maximum absolute atomic E-state index is 11.0. The summed E-state index contributed by atoms with van der Waals surface area (Å²) in [6.45, 7) is 0. The molecule has 0 saturated heterocycles. The first-order valence-corrected chi connectivity index (χ1v) is 4.67. The summed E-state index contributed by atoms with van der Waals surface area (Å²) in [6.07, 6.45) is 4.24. The van der Waals surface area contributed by atoms with E-state index < -0.39 is 5.91 Å². The minimum Gasteiger partial charge on any atom is -0.480 e. The highest BCUT2D eigenvalue weighted by Crippen LogP contribution is 2.16. The van der Waals surface area contributed by atoms with Crippen LogP contribution in [0.3, 0.4) is 0 Å². The highest BCUT2D eigenvalue weighted by molar-refractivity contribution is 5.97. The molecule has 0 atom stereocenters. The molecule has 0 unspecified atom stereocenters. The summed E-state index contributed by atoms with van der Waals surface area (Å²) in [6, 6.07) is 0. The van der Waals surface area contributed by atoms with E-state index >= 15 is 0 Å². The zero-order valence-electron chi connectivity index (χ0n) is 8.97. The van der Waals surface area contributed by atoms with Crippen molar-refractivity contribution in [3.05, 3.63) is 24.2 Å². The van der Waals surface area contributed by atoms with E-state index in [-0.39, 0.29) is 5.56 Å². The lowest BCUT2D eigenvalue weighted by Gasteiger charge is -2.04. The standard InChI is InChI=1S/C9H10N6O2/c1-17-7-4-11-6(3-12-7)14-9-5(8(10)16)2-13-15-9/h2-4H,1H3,(H2,10,16)(H2,11,13,14,15). The van der Waals surface area contributed by atoms with Gasteiger partial charge in [0.2, 0.25) is 5.88 Å². The summed E-state index contributed by atoms with van der Waals surface area (Å²) in [5.41, 5.74) is 5.42. The van der Waals surface area contributed by atoms with Gasteiger partial charge in [0.1, 0.15) is 17.2 Å². The Bertz CT molecular complexity index is 521. The van der Waals surface area contributed by atoms with Gasteiger partial charge in [-0.1, -0.05) is 0 Å². The largest absolute Gasteiger partial charge is 0.480 e. The second-order valence-electron chi connectivity index (χ2n) is 3.09. The predicted octanol–water partition coefficient (Wildman–Crippen LogP) is 0.0508. The minimum atomic E-state index is -0.581. The number of nitrogens with one attached hydrogen (secondary N) is 2. The van der Waals surface area contributed by atoms with E-state index in [1.165, 1.54) is 25.7 Å². The molecule has 0 fully saturated rings. The number of rotatable bonds is 4. The third kappa shape index (κ3) is 2.30. The van der Waals surface area contributed by atoms with Crippen LogP contribution in [0.25, 0.3) is 0 Å². The number of nitrogens with zero attached hydrogens (tertiary/aromatic N) is 3. The number of ether oxygens (including phenoxy) is 1. The zero-order chi connectivity index (χ0) is 12.3. The summed E-state index contributed by atoms with van der Waals surface area (Å²) in [4.78, 5) is 19.0. The molecule has 8 heteroatoms. The first-order valence-electron chi connectivity index (χ1n) is 4.67. The highest BCUT2D eigenvalue weighted by Gasteiger charge is 2.10. The second-order valence-corrected chi connectivity index (χ2v) is 3.09. The number of carbonyl (C=O) groups is 1. The van der Waals surface area contributed by atoms with Crippen molar-refractivity contribution in [1.29, 1.82) is 0 Å². The Kier molecular flexibility index (Phi) is 2.86. The number of primary amides is 1. The van der Waals surface area contributed by atoms with Gasteiger partial charge in [-0.2, -0.15) is 5.10 Å². The van der Waals surface area contributed by atoms with Gasteiger partial charge in [0.15, 0.2) is 0 Å². The molecule has 0 bridgehead atoms. The van der Waals surface area contributed by atoms with Crippen molar-refractivity contribution in [2.24, 2.45) is 5.73 Å². The van der Waals surface area contributed by atoms with Crippen LogP contribution in [0.4, 0.5) is 11.6 Å². The van der Waals surface area contributed by atoms with E-state index in [2.05, 4.69) is 25.5 Å². The van der Waals surface area contributed by atoms with Crippen LogP contribution in [-0.4, -0.2) is 33.2 Å². The third-order valence-electron chi connectivity index (χ3n) is 2.00. The topological polar surface area (TPSA) is 119 Å². The van der Waals surface area contributed by atoms with E-state index in [0.717, 1.165) is 0 Å². The summed E-state index contributed by atoms with van der Waals surface area (Å²) < 4.78 is 4.87. The molecule has 2 rings (SSSR count). The average molecular weight is 234 g/mol. The molecule has 88 valence electrons. The molecule has 0 aliphatic heterocycles. The number of anilines is 2. The fraction of sp³-hybridized carbons (Fsp3) is 0.111. The van der Waals surface area contributed by atoms with Crippen molar-refractivity contribution in [2.75, 3.05) is 12.4 Å². The molecule has 2 aromatic rings. The summed E-state index contributed by atoms with van der Waals surface area (Å²) >= 11 is 0. The van der Waals surface area contributed by atoms with Crippen LogP contribution in [0.2, 0.25) is 0 Å². The number of hydrogen-bond acceptors (Lipinski definition) is 6. The summed E-state index contributed by atoms with van der Waals surface area (Å²) in [5.74, 6) is 0.632. The van der Waals surface area contributed by atoms with Gasteiger partial charge in [-0.25, -0.2) is 9.97 Å². The number of aromatic nitrogens is 4. The molecule has 2 heterocycles. The molecular weight excluding hydrogens is 224 g/mol. The lowest BCUT2D eigenvalue weighted by atomic mass is 10.3. The number of H-pyrrole nitrogens is 1. The van der Waals surface area contributed by atoms with Crippen molar-refractivity contribution in [3.8, 4) is 5.88 Å². The Balaban J connectivity index is 2.19. The molecule has 4 N–H and O–H groups in total. The van der Waals surface area contributed by atoms with E-state index in [1.54, 1.807) is 0 Å². The number of methoxy groups -OCH3 is 1. The maximum Gasteiger partial charge on any atom is 0.254 e. The molecule has 0 aliphatic rings. The SMILES string of the molecule is COc1cnc(Nc2[nH]ncc2C(N)=O)cn1. The number of aromatic amines is 1. The van der Waals surface area contributed by atoms with Crippen molar-refractivity contribution < 1.29 is 9.53 Å². The third-order valence-corrected chi connectivity index (χ3v) is 2.00. The molecular formula is C9H10N6O2. The fourth-order valence-corrected chi connectivity index (χ4v) is 1.18. The molecule has 0 radical (unpaired) electrons. The van der Waals surface area contributed by atoms with Crippen LogP contribution in [0.1, 0.15) is 10.4 Å². The van der Waals surface area contributed by atoms with Gasteiger partial charge in [0.05, 0.1) is 25.7 Å². The Hall–Kier alpha value is -2.64. The van der Waals surface area contributed by atoms with Crippen LogP contribution in [0.15, 0.2) is 18.6 Å². The van der Waals surface area contributed by atoms with Crippen LogP contribution in [0, 0.1) is 0 Å². The molecule has 0 spiro atoms. The quantitative estimate of drug-likeness (QED) is 0.687.